The van der Waals surface area contributed by atoms with Gasteiger partial charge in [0.15, 0.2) is 11.6 Å². The highest BCUT2D eigenvalue weighted by Crippen LogP contribution is 2.09. The molecule has 1 aliphatic carbocycles. The first-order valence-corrected chi connectivity index (χ1v) is 2.68. The summed E-state index contributed by atoms with van der Waals surface area (Å²) in [6.45, 7) is 0. The zero-order valence-corrected chi connectivity index (χ0v) is 5.18. The predicted octanol–water partition coefficient (Wildman–Crippen LogP) is 0.849. The molecule has 0 amide bonds. The topological polar surface area (TPSA) is 26.3 Å². The molecule has 0 fully saturated rings. The molecule has 1 aliphatic rings. The lowest BCUT2D eigenvalue weighted by molar-refractivity contribution is -0.136. The number of hydrogen-bond acceptors (Lipinski definition) is 2. The van der Waals surface area contributed by atoms with E-state index in [1.54, 1.807) is 12.2 Å². The summed E-state index contributed by atoms with van der Waals surface area (Å²) in [6.07, 6.45) is 6.90. The van der Waals surface area contributed by atoms with E-state index in [-0.39, 0.29) is 5.97 Å². The van der Waals surface area contributed by atoms with E-state index in [0.717, 1.165) is 0 Å². The molecule has 0 aromatic carbocycles. The zero-order chi connectivity index (χ0) is 6.69. The largest absolute Gasteiger partial charge is 0.464 e. The van der Waals surface area contributed by atoms with Gasteiger partial charge in [-0.2, -0.15) is 0 Å². The van der Waals surface area contributed by atoms with Gasteiger partial charge in [0, 0.05) is 0 Å². The number of carbonyl (C=O) groups is 1. The Hall–Kier alpha value is -1.14. The first-order valence-electron chi connectivity index (χ1n) is 2.68. The van der Waals surface area contributed by atoms with E-state index in [1.807, 2.05) is 0 Å². The highest BCUT2D eigenvalue weighted by molar-refractivity contribution is 5.89. The third-order valence-electron chi connectivity index (χ3n) is 1.14. The molecule has 0 aromatic heterocycles. The molecule has 0 N–H and O–H groups in total. The second-order valence-corrected chi connectivity index (χ2v) is 1.73. The molecular formula is C7H7O2+. The van der Waals surface area contributed by atoms with Crippen molar-refractivity contribution in [1.82, 2.24) is 0 Å². The summed E-state index contributed by atoms with van der Waals surface area (Å²) in [7, 11) is 1.38. The van der Waals surface area contributed by atoms with E-state index in [2.05, 4.69) is 10.8 Å². The van der Waals surface area contributed by atoms with Gasteiger partial charge in [-0.25, -0.2) is 4.79 Å². The third kappa shape index (κ3) is 1.15. The molecule has 46 valence electrons. The van der Waals surface area contributed by atoms with Crippen molar-refractivity contribution in [3.05, 3.63) is 23.8 Å². The van der Waals surface area contributed by atoms with Crippen molar-refractivity contribution in [2.45, 2.75) is 6.42 Å². The van der Waals surface area contributed by atoms with Crippen LogP contribution in [0.3, 0.4) is 0 Å². The Morgan fingerprint density at radius 2 is 2.67 bits per heavy atom. The van der Waals surface area contributed by atoms with Crippen molar-refractivity contribution in [1.29, 1.82) is 0 Å². The Bertz CT molecular complexity index is 177. The Morgan fingerprint density at radius 1 is 1.89 bits per heavy atom. The number of ether oxygens (including phenoxy) is 1. The molecule has 0 spiro atoms. The van der Waals surface area contributed by atoms with Gasteiger partial charge >= 0.3 is 5.97 Å². The molecule has 0 unspecified atom stereocenters. The van der Waals surface area contributed by atoms with Crippen molar-refractivity contribution in [2.75, 3.05) is 7.11 Å². The van der Waals surface area contributed by atoms with Crippen molar-refractivity contribution in [2.24, 2.45) is 0 Å². The summed E-state index contributed by atoms with van der Waals surface area (Å²) >= 11 is 0. The molecular weight excluding hydrogens is 116 g/mol. The summed E-state index contributed by atoms with van der Waals surface area (Å²) in [5.41, 5.74) is 0.678. The quantitative estimate of drug-likeness (QED) is 0.381. The molecule has 0 bridgehead atoms. The maximum absolute atomic E-state index is 10.7. The van der Waals surface area contributed by atoms with E-state index >= 15 is 0 Å². The Balaban J connectivity index is 2.55. The van der Waals surface area contributed by atoms with Gasteiger partial charge in [-0.05, 0) is 0 Å². The first-order chi connectivity index (χ1) is 4.34. The molecule has 0 saturated heterocycles. The molecule has 0 radical (unpaired) electrons. The van der Waals surface area contributed by atoms with Crippen LogP contribution in [-0.4, -0.2) is 13.1 Å². The number of rotatable bonds is 1. The van der Waals surface area contributed by atoms with Gasteiger partial charge in [0.2, 0.25) is 0 Å². The summed E-state index contributed by atoms with van der Waals surface area (Å²) in [6, 6.07) is 0. The van der Waals surface area contributed by atoms with Crippen LogP contribution in [0, 0.1) is 6.08 Å². The fourth-order valence-electron chi connectivity index (χ4n) is 0.659. The lowest BCUT2D eigenvalue weighted by atomic mass is 10.2. The van der Waals surface area contributed by atoms with Crippen LogP contribution in [0.5, 0.6) is 0 Å². The standard InChI is InChI=1S/C7H7O2/c1-9-7(8)6-4-2-3-5-6/h2,4H,5H2,1H3/q+1. The van der Waals surface area contributed by atoms with Crippen LogP contribution in [-0.2, 0) is 9.53 Å². The van der Waals surface area contributed by atoms with Crippen molar-refractivity contribution in [3.8, 4) is 0 Å². The smallest absolute Gasteiger partial charge is 0.357 e. The van der Waals surface area contributed by atoms with Gasteiger partial charge in [0.1, 0.15) is 6.42 Å². The molecule has 9 heavy (non-hydrogen) atoms. The zero-order valence-electron chi connectivity index (χ0n) is 5.18. The van der Waals surface area contributed by atoms with E-state index in [9.17, 15) is 4.79 Å². The summed E-state index contributed by atoms with van der Waals surface area (Å²) in [5.74, 6) is -0.253. The molecule has 0 saturated carbocycles. The van der Waals surface area contributed by atoms with Crippen LogP contribution in [0.2, 0.25) is 0 Å². The SMILES string of the molecule is COC(=O)C1=CC=[C+]C1. The molecule has 0 atom stereocenters. The number of methoxy groups -OCH3 is 1. The lowest BCUT2D eigenvalue weighted by Crippen LogP contribution is -2.01. The van der Waals surface area contributed by atoms with Gasteiger partial charge in [0.05, 0.1) is 19.3 Å². The first kappa shape index (κ1) is 5.99. The minimum absolute atomic E-state index is 0.253. The average molecular weight is 123 g/mol. The lowest BCUT2D eigenvalue weighted by Gasteiger charge is -1.90. The summed E-state index contributed by atoms with van der Waals surface area (Å²) < 4.78 is 4.47. The second-order valence-electron chi connectivity index (χ2n) is 1.73. The maximum atomic E-state index is 10.7. The predicted molar refractivity (Wildman–Crippen MR) is 32.5 cm³/mol. The second kappa shape index (κ2) is 2.42. The van der Waals surface area contributed by atoms with Crippen molar-refractivity contribution < 1.29 is 9.53 Å². The van der Waals surface area contributed by atoms with E-state index in [1.165, 1.54) is 7.11 Å². The number of hydrogen-bond donors (Lipinski definition) is 0. The van der Waals surface area contributed by atoms with Gasteiger partial charge in [-0.3, -0.25) is 0 Å². The van der Waals surface area contributed by atoms with Crippen molar-refractivity contribution in [3.63, 3.8) is 0 Å². The van der Waals surface area contributed by atoms with Gasteiger partial charge < -0.3 is 4.74 Å². The van der Waals surface area contributed by atoms with Crippen LogP contribution in [0.15, 0.2) is 17.7 Å². The van der Waals surface area contributed by atoms with Crippen LogP contribution in [0.4, 0.5) is 0 Å². The fourth-order valence-corrected chi connectivity index (χ4v) is 0.659. The fraction of sp³-hybridized carbons (Fsp3) is 0.286. The van der Waals surface area contributed by atoms with Crippen molar-refractivity contribution >= 4 is 5.97 Å². The molecule has 1 rings (SSSR count). The monoisotopic (exact) mass is 123 g/mol. The maximum Gasteiger partial charge on any atom is 0.357 e. The Morgan fingerprint density at radius 3 is 3.11 bits per heavy atom. The van der Waals surface area contributed by atoms with E-state index < -0.39 is 0 Å². The Kier molecular flexibility index (Phi) is 1.61. The van der Waals surface area contributed by atoms with Gasteiger partial charge in [-0.15, -0.1) is 0 Å². The van der Waals surface area contributed by atoms with Crippen LogP contribution < -0.4 is 0 Å². The van der Waals surface area contributed by atoms with Crippen LogP contribution in [0.1, 0.15) is 6.42 Å². The van der Waals surface area contributed by atoms with Crippen LogP contribution >= 0.6 is 0 Å². The van der Waals surface area contributed by atoms with Crippen LogP contribution in [0.25, 0.3) is 0 Å². The van der Waals surface area contributed by atoms with E-state index in [4.69, 9.17) is 0 Å². The highest BCUT2D eigenvalue weighted by Gasteiger charge is 2.17. The molecule has 0 heterocycles. The molecule has 0 aliphatic heterocycles. The molecule has 2 heteroatoms. The highest BCUT2D eigenvalue weighted by atomic mass is 16.5. The minimum atomic E-state index is -0.253. The number of esters is 1. The average Bonchev–Trinajstić information content (AvgIpc) is 2.37. The summed E-state index contributed by atoms with van der Waals surface area (Å²) in [5, 5.41) is 0. The number of carbonyl (C=O) groups excluding carboxylic acids is 1. The molecule has 2 nitrogen and oxygen atoms in total. The third-order valence-corrected chi connectivity index (χ3v) is 1.14. The van der Waals surface area contributed by atoms with E-state index in [0.29, 0.717) is 12.0 Å². The molecule has 0 aromatic rings. The van der Waals surface area contributed by atoms with Gasteiger partial charge in [-0.1, -0.05) is 0 Å². The minimum Gasteiger partial charge on any atom is -0.464 e. The number of allylic oxidation sites excluding steroid dienone is 3. The summed E-state index contributed by atoms with van der Waals surface area (Å²) in [4.78, 5) is 10.7. The van der Waals surface area contributed by atoms with Gasteiger partial charge in [0.25, 0.3) is 0 Å². The Labute approximate surface area is 53.8 Å². The normalized spacial score (nSPS) is 14.6.